The molecular formula is C10H14FNO2. The molecule has 0 aliphatic heterocycles. The largest absolute Gasteiger partial charge is 0.493 e. The molecule has 0 aliphatic rings. The maximum Gasteiger partial charge on any atom is 0.165 e. The van der Waals surface area contributed by atoms with Crippen LogP contribution in [-0.4, -0.2) is 18.8 Å². The quantitative estimate of drug-likeness (QED) is 0.766. The molecule has 0 fully saturated rings. The summed E-state index contributed by atoms with van der Waals surface area (Å²) < 4.78 is 18.1. The van der Waals surface area contributed by atoms with E-state index in [1.165, 1.54) is 13.2 Å². The molecule has 1 rings (SSSR count). The topological polar surface area (TPSA) is 55.5 Å². The Bertz CT molecular complexity index is 304. The number of benzene rings is 1. The Labute approximate surface area is 82.3 Å². The molecule has 0 spiro atoms. The van der Waals surface area contributed by atoms with Crippen molar-refractivity contribution >= 4 is 0 Å². The van der Waals surface area contributed by atoms with Crippen molar-refractivity contribution in [3.05, 3.63) is 29.6 Å². The van der Waals surface area contributed by atoms with Crippen molar-refractivity contribution in [3.63, 3.8) is 0 Å². The summed E-state index contributed by atoms with van der Waals surface area (Å²) in [4.78, 5) is 0. The number of para-hydroxylation sites is 1. The highest BCUT2D eigenvalue weighted by molar-refractivity contribution is 5.37. The van der Waals surface area contributed by atoms with Gasteiger partial charge < -0.3 is 15.6 Å². The molecule has 3 nitrogen and oxygen atoms in total. The summed E-state index contributed by atoms with van der Waals surface area (Å²) in [5, 5.41) is 8.72. The van der Waals surface area contributed by atoms with Crippen LogP contribution in [0.3, 0.4) is 0 Å². The minimum Gasteiger partial charge on any atom is -0.493 e. The van der Waals surface area contributed by atoms with Crippen LogP contribution in [0, 0.1) is 5.82 Å². The number of hydrogen-bond donors (Lipinski definition) is 2. The van der Waals surface area contributed by atoms with Crippen LogP contribution in [0.15, 0.2) is 18.2 Å². The van der Waals surface area contributed by atoms with Gasteiger partial charge in [0.15, 0.2) is 11.6 Å². The fraction of sp³-hybridized carbons (Fsp3) is 0.400. The van der Waals surface area contributed by atoms with Crippen molar-refractivity contribution in [1.82, 2.24) is 0 Å². The Morgan fingerprint density at radius 3 is 2.86 bits per heavy atom. The normalized spacial score (nSPS) is 12.6. The van der Waals surface area contributed by atoms with Gasteiger partial charge in [-0.2, -0.15) is 0 Å². The number of methoxy groups -OCH3 is 1. The third-order valence-corrected chi connectivity index (χ3v) is 2.04. The van der Waals surface area contributed by atoms with Crippen LogP contribution in [0.1, 0.15) is 18.0 Å². The summed E-state index contributed by atoms with van der Waals surface area (Å²) >= 11 is 0. The second-order valence-corrected chi connectivity index (χ2v) is 2.98. The van der Waals surface area contributed by atoms with Gasteiger partial charge in [-0.25, -0.2) is 4.39 Å². The molecular weight excluding hydrogens is 185 g/mol. The van der Waals surface area contributed by atoms with Gasteiger partial charge in [0.05, 0.1) is 7.11 Å². The molecule has 0 aromatic heterocycles. The molecule has 0 radical (unpaired) electrons. The third kappa shape index (κ3) is 2.21. The van der Waals surface area contributed by atoms with E-state index < -0.39 is 11.9 Å². The van der Waals surface area contributed by atoms with Crippen molar-refractivity contribution in [2.45, 2.75) is 12.5 Å². The van der Waals surface area contributed by atoms with E-state index >= 15 is 0 Å². The van der Waals surface area contributed by atoms with Crippen LogP contribution in [-0.2, 0) is 0 Å². The molecule has 1 unspecified atom stereocenters. The van der Waals surface area contributed by atoms with Crippen LogP contribution in [0.5, 0.6) is 5.75 Å². The number of aliphatic hydroxyl groups is 1. The van der Waals surface area contributed by atoms with E-state index in [0.717, 1.165) is 0 Å². The lowest BCUT2D eigenvalue weighted by atomic mass is 10.0. The molecule has 78 valence electrons. The number of hydrogen-bond acceptors (Lipinski definition) is 3. The van der Waals surface area contributed by atoms with Gasteiger partial charge in [-0.1, -0.05) is 12.1 Å². The molecule has 1 aromatic rings. The summed E-state index contributed by atoms with van der Waals surface area (Å²) in [6, 6.07) is 4.19. The molecule has 0 saturated heterocycles. The summed E-state index contributed by atoms with van der Waals surface area (Å²) in [6.07, 6.45) is 0.389. The van der Waals surface area contributed by atoms with Crippen LogP contribution in [0.4, 0.5) is 4.39 Å². The zero-order chi connectivity index (χ0) is 10.6. The first-order valence-corrected chi connectivity index (χ1v) is 4.39. The van der Waals surface area contributed by atoms with E-state index in [1.807, 2.05) is 0 Å². The van der Waals surface area contributed by atoms with Gasteiger partial charge in [-0.3, -0.25) is 0 Å². The van der Waals surface area contributed by atoms with Crippen molar-refractivity contribution in [2.75, 3.05) is 13.7 Å². The molecule has 0 aliphatic carbocycles. The van der Waals surface area contributed by atoms with Gasteiger partial charge in [-0.15, -0.1) is 0 Å². The predicted octanol–water partition coefficient (Wildman–Crippen LogP) is 1.22. The van der Waals surface area contributed by atoms with E-state index in [4.69, 9.17) is 15.6 Å². The number of rotatable bonds is 4. The maximum atomic E-state index is 13.2. The second-order valence-electron chi connectivity index (χ2n) is 2.98. The van der Waals surface area contributed by atoms with Crippen LogP contribution < -0.4 is 10.5 Å². The van der Waals surface area contributed by atoms with E-state index in [1.54, 1.807) is 12.1 Å². The molecule has 4 heteroatoms. The SMILES string of the molecule is COc1c(F)cccc1C(N)CCO. The van der Waals surface area contributed by atoms with E-state index in [-0.39, 0.29) is 12.4 Å². The van der Waals surface area contributed by atoms with Crippen molar-refractivity contribution < 1.29 is 14.2 Å². The molecule has 14 heavy (non-hydrogen) atoms. The monoisotopic (exact) mass is 199 g/mol. The second kappa shape index (κ2) is 4.93. The van der Waals surface area contributed by atoms with E-state index in [2.05, 4.69) is 0 Å². The average Bonchev–Trinajstić information content (AvgIpc) is 2.17. The van der Waals surface area contributed by atoms with E-state index in [0.29, 0.717) is 12.0 Å². The molecule has 0 saturated carbocycles. The maximum absolute atomic E-state index is 13.2. The summed E-state index contributed by atoms with van der Waals surface area (Å²) in [5.74, 6) is -0.271. The van der Waals surface area contributed by atoms with Gasteiger partial charge in [-0.05, 0) is 12.5 Å². The van der Waals surface area contributed by atoms with Gasteiger partial charge in [0.25, 0.3) is 0 Å². The Morgan fingerprint density at radius 2 is 2.29 bits per heavy atom. The average molecular weight is 199 g/mol. The summed E-state index contributed by atoms with van der Waals surface area (Å²) in [7, 11) is 1.40. The Balaban J connectivity index is 3.00. The zero-order valence-corrected chi connectivity index (χ0v) is 8.03. The first kappa shape index (κ1) is 10.9. The van der Waals surface area contributed by atoms with Crippen LogP contribution >= 0.6 is 0 Å². The first-order chi connectivity index (χ1) is 6.70. The number of halogens is 1. The molecule has 0 bridgehead atoms. The number of ether oxygens (including phenoxy) is 1. The fourth-order valence-electron chi connectivity index (χ4n) is 1.33. The van der Waals surface area contributed by atoms with Gasteiger partial charge in [0.2, 0.25) is 0 Å². The lowest BCUT2D eigenvalue weighted by Gasteiger charge is -2.14. The van der Waals surface area contributed by atoms with E-state index in [9.17, 15) is 4.39 Å². The summed E-state index contributed by atoms with van der Waals surface area (Å²) in [5.41, 5.74) is 6.33. The van der Waals surface area contributed by atoms with Crippen molar-refractivity contribution in [2.24, 2.45) is 5.73 Å². The summed E-state index contributed by atoms with van der Waals surface area (Å²) in [6.45, 7) is -0.0270. The van der Waals surface area contributed by atoms with Crippen LogP contribution in [0.2, 0.25) is 0 Å². The number of nitrogens with two attached hydrogens (primary N) is 1. The van der Waals surface area contributed by atoms with Crippen LogP contribution in [0.25, 0.3) is 0 Å². The van der Waals surface area contributed by atoms with Crippen molar-refractivity contribution in [1.29, 1.82) is 0 Å². The minimum absolute atomic E-state index is 0.0270. The van der Waals surface area contributed by atoms with Crippen molar-refractivity contribution in [3.8, 4) is 5.75 Å². The molecule has 0 heterocycles. The van der Waals surface area contributed by atoms with Gasteiger partial charge in [0.1, 0.15) is 0 Å². The molecule has 3 N–H and O–H groups in total. The lowest BCUT2D eigenvalue weighted by Crippen LogP contribution is -2.13. The van der Waals surface area contributed by atoms with Gasteiger partial charge >= 0.3 is 0 Å². The molecule has 0 amide bonds. The predicted molar refractivity (Wildman–Crippen MR) is 51.6 cm³/mol. The third-order valence-electron chi connectivity index (χ3n) is 2.04. The molecule has 1 aromatic carbocycles. The molecule has 1 atom stereocenters. The zero-order valence-electron chi connectivity index (χ0n) is 8.03. The first-order valence-electron chi connectivity index (χ1n) is 4.39. The smallest absolute Gasteiger partial charge is 0.165 e. The Kier molecular flexibility index (Phi) is 3.85. The highest BCUT2D eigenvalue weighted by Crippen LogP contribution is 2.27. The Hall–Kier alpha value is -1.13. The standard InChI is InChI=1S/C10H14FNO2/c1-14-10-7(9(12)5-6-13)3-2-4-8(10)11/h2-4,9,13H,5-6,12H2,1H3. The highest BCUT2D eigenvalue weighted by Gasteiger charge is 2.14. The minimum atomic E-state index is -0.432. The Morgan fingerprint density at radius 1 is 1.57 bits per heavy atom. The fourth-order valence-corrected chi connectivity index (χ4v) is 1.33. The number of aliphatic hydroxyl groups excluding tert-OH is 1. The van der Waals surface area contributed by atoms with Gasteiger partial charge in [0, 0.05) is 18.2 Å². The highest BCUT2D eigenvalue weighted by atomic mass is 19.1. The lowest BCUT2D eigenvalue weighted by molar-refractivity contribution is 0.274.